The van der Waals surface area contributed by atoms with Crippen molar-refractivity contribution in [2.75, 3.05) is 19.6 Å². The fraction of sp³-hybridized carbons (Fsp3) is 0.647. The summed E-state index contributed by atoms with van der Waals surface area (Å²) in [5.41, 5.74) is 3.40. The second-order valence-electron chi connectivity index (χ2n) is 6.17. The van der Waals surface area contributed by atoms with Crippen LogP contribution in [0.25, 0.3) is 0 Å². The van der Waals surface area contributed by atoms with Crippen LogP contribution in [0.2, 0.25) is 0 Å². The minimum absolute atomic E-state index is 0.497. The molecule has 19 heavy (non-hydrogen) atoms. The van der Waals surface area contributed by atoms with E-state index in [9.17, 15) is 5.11 Å². The van der Waals surface area contributed by atoms with E-state index in [-0.39, 0.29) is 0 Å². The molecule has 2 rings (SSSR count). The van der Waals surface area contributed by atoms with Crippen LogP contribution in [-0.2, 0) is 6.42 Å². The van der Waals surface area contributed by atoms with E-state index < -0.39 is 5.60 Å². The topological polar surface area (TPSA) is 23.5 Å². The molecule has 1 aromatic rings. The van der Waals surface area contributed by atoms with Crippen molar-refractivity contribution in [3.8, 4) is 0 Å². The van der Waals surface area contributed by atoms with Crippen LogP contribution in [0.1, 0.15) is 42.9 Å². The van der Waals surface area contributed by atoms with E-state index in [2.05, 4.69) is 43.9 Å². The molecule has 0 aromatic heterocycles. The predicted octanol–water partition coefficient (Wildman–Crippen LogP) is 3.08. The third-order valence-corrected chi connectivity index (χ3v) is 4.35. The quantitative estimate of drug-likeness (QED) is 0.900. The van der Waals surface area contributed by atoms with E-state index in [1.54, 1.807) is 0 Å². The molecule has 1 aliphatic heterocycles. The average molecular weight is 261 g/mol. The number of benzene rings is 1. The summed E-state index contributed by atoms with van der Waals surface area (Å²) in [5.74, 6) is 0. The Balaban J connectivity index is 2.00. The molecule has 2 heteroatoms. The smallest absolute Gasteiger partial charge is 0.0712 e. The van der Waals surface area contributed by atoms with Gasteiger partial charge in [-0.2, -0.15) is 0 Å². The van der Waals surface area contributed by atoms with Gasteiger partial charge in [0.15, 0.2) is 0 Å². The minimum atomic E-state index is -0.497. The highest BCUT2D eigenvalue weighted by atomic mass is 16.3. The van der Waals surface area contributed by atoms with Gasteiger partial charge < -0.3 is 10.0 Å². The van der Waals surface area contributed by atoms with E-state index in [0.29, 0.717) is 0 Å². The number of likely N-dealkylation sites (tertiary alicyclic amines) is 1. The lowest BCUT2D eigenvalue weighted by Gasteiger charge is -2.38. The molecule has 1 heterocycles. The van der Waals surface area contributed by atoms with Crippen molar-refractivity contribution in [3.63, 3.8) is 0 Å². The number of piperidine rings is 1. The summed E-state index contributed by atoms with van der Waals surface area (Å²) >= 11 is 0. The van der Waals surface area contributed by atoms with Crippen molar-refractivity contribution in [2.45, 2.75) is 52.1 Å². The van der Waals surface area contributed by atoms with Gasteiger partial charge in [0.1, 0.15) is 0 Å². The molecule has 0 spiro atoms. The van der Waals surface area contributed by atoms with Crippen molar-refractivity contribution >= 4 is 0 Å². The Labute approximate surface area is 117 Å². The highest BCUT2D eigenvalue weighted by Gasteiger charge is 2.32. The largest absolute Gasteiger partial charge is 0.389 e. The second-order valence-corrected chi connectivity index (χ2v) is 6.17. The monoisotopic (exact) mass is 261 g/mol. The Kier molecular flexibility index (Phi) is 4.64. The van der Waals surface area contributed by atoms with Gasteiger partial charge in [-0.05, 0) is 50.8 Å². The highest BCUT2D eigenvalue weighted by molar-refractivity contribution is 5.31. The fourth-order valence-corrected chi connectivity index (χ4v) is 3.03. The van der Waals surface area contributed by atoms with Crippen molar-refractivity contribution in [1.82, 2.24) is 4.90 Å². The SMILES string of the molecule is CCCN1CCC(O)(Cc2cc(C)ccc2C)CC1. The van der Waals surface area contributed by atoms with Crippen LogP contribution in [0.3, 0.4) is 0 Å². The van der Waals surface area contributed by atoms with Crippen molar-refractivity contribution in [1.29, 1.82) is 0 Å². The first-order valence-electron chi connectivity index (χ1n) is 7.53. The van der Waals surface area contributed by atoms with Gasteiger partial charge in [0.05, 0.1) is 5.60 Å². The van der Waals surface area contributed by atoms with Crippen LogP contribution in [-0.4, -0.2) is 35.2 Å². The van der Waals surface area contributed by atoms with Gasteiger partial charge in [0.2, 0.25) is 0 Å². The van der Waals surface area contributed by atoms with E-state index in [1.165, 1.54) is 29.7 Å². The first kappa shape index (κ1) is 14.5. The van der Waals surface area contributed by atoms with Gasteiger partial charge in [-0.15, -0.1) is 0 Å². The molecule has 1 aliphatic rings. The van der Waals surface area contributed by atoms with Gasteiger partial charge in [0.25, 0.3) is 0 Å². The van der Waals surface area contributed by atoms with Gasteiger partial charge in [0, 0.05) is 19.5 Å². The lowest BCUT2D eigenvalue weighted by molar-refractivity contribution is -0.0206. The van der Waals surface area contributed by atoms with Gasteiger partial charge in [-0.25, -0.2) is 0 Å². The van der Waals surface area contributed by atoms with Gasteiger partial charge in [-0.1, -0.05) is 30.7 Å². The second kappa shape index (κ2) is 6.06. The average Bonchev–Trinajstić information content (AvgIpc) is 2.37. The van der Waals surface area contributed by atoms with Crippen molar-refractivity contribution in [3.05, 3.63) is 34.9 Å². The highest BCUT2D eigenvalue weighted by Crippen LogP contribution is 2.28. The summed E-state index contributed by atoms with van der Waals surface area (Å²) in [7, 11) is 0. The molecule has 106 valence electrons. The number of aliphatic hydroxyl groups is 1. The van der Waals surface area contributed by atoms with Crippen LogP contribution in [0, 0.1) is 13.8 Å². The third-order valence-electron chi connectivity index (χ3n) is 4.35. The molecule has 0 bridgehead atoms. The lowest BCUT2D eigenvalue weighted by Crippen LogP contribution is -2.45. The van der Waals surface area contributed by atoms with Crippen LogP contribution in [0.15, 0.2) is 18.2 Å². The molecule has 0 radical (unpaired) electrons. The normalized spacial score (nSPS) is 19.6. The first-order valence-corrected chi connectivity index (χ1v) is 7.53. The Hall–Kier alpha value is -0.860. The molecule has 2 nitrogen and oxygen atoms in total. The molecule has 0 atom stereocenters. The maximum atomic E-state index is 10.8. The maximum Gasteiger partial charge on any atom is 0.0712 e. The molecule has 1 aromatic carbocycles. The summed E-state index contributed by atoms with van der Waals surface area (Å²) in [4.78, 5) is 2.47. The lowest BCUT2D eigenvalue weighted by atomic mass is 9.84. The molecule has 0 aliphatic carbocycles. The fourth-order valence-electron chi connectivity index (χ4n) is 3.03. The molecular formula is C17H27NO. The Bertz CT molecular complexity index is 419. The zero-order valence-electron chi connectivity index (χ0n) is 12.6. The van der Waals surface area contributed by atoms with Crippen molar-refractivity contribution < 1.29 is 5.11 Å². The third kappa shape index (κ3) is 3.80. The zero-order chi connectivity index (χ0) is 13.9. The van der Waals surface area contributed by atoms with Crippen LogP contribution in [0.5, 0.6) is 0 Å². The summed E-state index contributed by atoms with van der Waals surface area (Å²) in [6, 6.07) is 6.54. The predicted molar refractivity (Wildman–Crippen MR) is 80.5 cm³/mol. The summed E-state index contributed by atoms with van der Waals surface area (Å²) in [5, 5.41) is 10.8. The molecule has 1 saturated heterocycles. The Morgan fingerprint density at radius 2 is 1.89 bits per heavy atom. The molecule has 0 saturated carbocycles. The van der Waals surface area contributed by atoms with Crippen molar-refractivity contribution in [2.24, 2.45) is 0 Å². The summed E-state index contributed by atoms with van der Waals surface area (Å²) in [6.07, 6.45) is 3.82. The summed E-state index contributed by atoms with van der Waals surface area (Å²) < 4.78 is 0. The molecule has 1 fully saturated rings. The number of aryl methyl sites for hydroxylation is 2. The standard InChI is InChI=1S/C17H27NO/c1-4-9-18-10-7-17(19,8-11-18)13-16-12-14(2)5-6-15(16)3/h5-6,12,19H,4,7-11,13H2,1-3H3. The molecular weight excluding hydrogens is 234 g/mol. The first-order chi connectivity index (χ1) is 9.02. The minimum Gasteiger partial charge on any atom is -0.389 e. The zero-order valence-corrected chi connectivity index (χ0v) is 12.6. The number of hydrogen-bond acceptors (Lipinski definition) is 2. The van der Waals surface area contributed by atoms with Crippen LogP contribution in [0.4, 0.5) is 0 Å². The molecule has 1 N–H and O–H groups in total. The molecule has 0 amide bonds. The number of nitrogens with zero attached hydrogens (tertiary/aromatic N) is 1. The van der Waals surface area contributed by atoms with Gasteiger partial charge in [-0.3, -0.25) is 0 Å². The Morgan fingerprint density at radius 1 is 1.21 bits per heavy atom. The summed E-state index contributed by atoms with van der Waals surface area (Å²) in [6.45, 7) is 9.72. The van der Waals surface area contributed by atoms with Gasteiger partial charge >= 0.3 is 0 Å². The number of rotatable bonds is 4. The van der Waals surface area contributed by atoms with E-state index in [4.69, 9.17) is 0 Å². The van der Waals surface area contributed by atoms with E-state index >= 15 is 0 Å². The maximum absolute atomic E-state index is 10.8. The number of hydrogen-bond donors (Lipinski definition) is 1. The van der Waals surface area contributed by atoms with Crippen LogP contribution >= 0.6 is 0 Å². The Morgan fingerprint density at radius 3 is 2.53 bits per heavy atom. The van der Waals surface area contributed by atoms with Crippen LogP contribution < -0.4 is 0 Å². The van der Waals surface area contributed by atoms with E-state index in [1.807, 2.05) is 0 Å². The molecule has 0 unspecified atom stereocenters. The van der Waals surface area contributed by atoms with E-state index in [0.717, 1.165) is 32.4 Å².